The van der Waals surface area contributed by atoms with E-state index in [2.05, 4.69) is 15.6 Å². The van der Waals surface area contributed by atoms with Gasteiger partial charge < -0.3 is 10.6 Å². The lowest BCUT2D eigenvalue weighted by atomic mass is 9.85. The van der Waals surface area contributed by atoms with E-state index in [0.717, 1.165) is 25.5 Å². The van der Waals surface area contributed by atoms with Crippen LogP contribution in [0.5, 0.6) is 0 Å². The average molecular weight is 405 g/mol. The van der Waals surface area contributed by atoms with Crippen LogP contribution in [0.25, 0.3) is 0 Å². The highest BCUT2D eigenvalue weighted by Gasteiger charge is 2.27. The minimum absolute atomic E-state index is 0.0494. The molecule has 21 heavy (non-hydrogen) atoms. The highest BCUT2D eigenvalue weighted by Crippen LogP contribution is 2.25. The first-order chi connectivity index (χ1) is 9.95. The van der Waals surface area contributed by atoms with E-state index in [1.807, 2.05) is 22.6 Å². The number of amides is 2. The second-order valence-corrected chi connectivity index (χ2v) is 6.40. The zero-order valence-corrected chi connectivity index (χ0v) is 13.8. The van der Waals surface area contributed by atoms with Gasteiger partial charge in [0.1, 0.15) is 5.82 Å². The normalized spacial score (nSPS) is 21.7. The largest absolute Gasteiger partial charge is 0.354 e. The molecule has 2 amide bonds. The van der Waals surface area contributed by atoms with Crippen LogP contribution in [0.1, 0.15) is 32.6 Å². The van der Waals surface area contributed by atoms with Crippen molar-refractivity contribution in [1.82, 2.24) is 10.3 Å². The number of halogens is 2. The Hall–Kier alpha value is -1.25. The van der Waals surface area contributed by atoms with Gasteiger partial charge >= 0.3 is 0 Å². The predicted molar refractivity (Wildman–Crippen MR) is 85.1 cm³/mol. The third-order valence-corrected chi connectivity index (χ3v) is 4.34. The van der Waals surface area contributed by atoms with E-state index in [-0.39, 0.29) is 23.8 Å². The molecule has 0 radical (unpaired) electrons. The molecule has 1 heterocycles. The number of hydrogen-bond acceptors (Lipinski definition) is 3. The Kier molecular flexibility index (Phi) is 5.49. The summed E-state index contributed by atoms with van der Waals surface area (Å²) in [5.74, 6) is -0.402. The Morgan fingerprint density at radius 3 is 2.86 bits per heavy atom. The molecule has 0 unspecified atom stereocenters. The van der Waals surface area contributed by atoms with Crippen LogP contribution < -0.4 is 10.6 Å². The minimum Gasteiger partial charge on any atom is -0.354 e. The molecule has 114 valence electrons. The number of rotatable bonds is 3. The topological polar surface area (TPSA) is 71.1 Å². The fourth-order valence-electron chi connectivity index (χ4n) is 2.56. The number of anilines is 1. The quantitative estimate of drug-likeness (QED) is 0.760. The molecule has 1 aliphatic carbocycles. The van der Waals surface area contributed by atoms with Crippen LogP contribution >= 0.6 is 22.6 Å². The number of nitrogens with zero attached hydrogens (tertiary/aromatic N) is 1. The van der Waals surface area contributed by atoms with Crippen molar-refractivity contribution >= 4 is 40.2 Å². The lowest BCUT2D eigenvalue weighted by Crippen LogP contribution is -2.40. The molecule has 2 atom stereocenters. The van der Waals surface area contributed by atoms with Crippen LogP contribution in [0.3, 0.4) is 0 Å². The molecule has 2 N–H and O–H groups in total. The summed E-state index contributed by atoms with van der Waals surface area (Å²) in [5.41, 5.74) is 0. The smallest absolute Gasteiger partial charge is 0.228 e. The minimum atomic E-state index is -0.406. The summed E-state index contributed by atoms with van der Waals surface area (Å²) in [6.07, 6.45) is 4.32. The molecule has 0 aromatic carbocycles. The summed E-state index contributed by atoms with van der Waals surface area (Å²) < 4.78 is 13.6. The standard InChI is InChI=1S/C14H17FIN3O2/c1-8(20)18-10-4-2-3-9(5-10)14(21)19-13-6-12(16)11(15)7-17-13/h6-7,9-10H,2-5H2,1H3,(H,18,20)(H,17,19,21)/t9-,10+/m1/s1. The van der Waals surface area contributed by atoms with Crippen LogP contribution in [0.15, 0.2) is 12.3 Å². The van der Waals surface area contributed by atoms with Crippen molar-refractivity contribution < 1.29 is 14.0 Å². The predicted octanol–water partition coefficient (Wildman–Crippen LogP) is 2.46. The Morgan fingerprint density at radius 2 is 2.19 bits per heavy atom. The number of pyridine rings is 1. The third-order valence-electron chi connectivity index (χ3n) is 3.51. The van der Waals surface area contributed by atoms with E-state index in [1.54, 1.807) is 0 Å². The Labute approximate surface area is 136 Å². The third kappa shape index (κ3) is 4.62. The first kappa shape index (κ1) is 16.1. The molecule has 1 fully saturated rings. The number of hydrogen-bond donors (Lipinski definition) is 2. The van der Waals surface area contributed by atoms with Gasteiger partial charge in [0.25, 0.3) is 0 Å². The summed E-state index contributed by atoms with van der Waals surface area (Å²) in [7, 11) is 0. The van der Waals surface area contributed by atoms with E-state index in [1.165, 1.54) is 13.0 Å². The molecule has 2 rings (SSSR count). The van der Waals surface area contributed by atoms with Gasteiger partial charge in [0.05, 0.1) is 9.77 Å². The molecule has 0 saturated heterocycles. The summed E-state index contributed by atoms with van der Waals surface area (Å²) >= 11 is 1.85. The molecule has 7 heteroatoms. The highest BCUT2D eigenvalue weighted by molar-refractivity contribution is 14.1. The van der Waals surface area contributed by atoms with E-state index in [4.69, 9.17) is 0 Å². The maximum atomic E-state index is 13.1. The van der Waals surface area contributed by atoms with E-state index >= 15 is 0 Å². The zero-order valence-electron chi connectivity index (χ0n) is 11.7. The Morgan fingerprint density at radius 1 is 1.43 bits per heavy atom. The summed E-state index contributed by atoms with van der Waals surface area (Å²) in [6, 6.07) is 1.55. The summed E-state index contributed by atoms with van der Waals surface area (Å²) in [5, 5.41) is 5.58. The van der Waals surface area contributed by atoms with Crippen molar-refractivity contribution in [1.29, 1.82) is 0 Å². The molecule has 1 aliphatic rings. The van der Waals surface area contributed by atoms with E-state index in [0.29, 0.717) is 15.8 Å². The van der Waals surface area contributed by atoms with Gasteiger partial charge in [-0.15, -0.1) is 0 Å². The van der Waals surface area contributed by atoms with Gasteiger partial charge in [-0.25, -0.2) is 9.37 Å². The number of carbonyl (C=O) groups excluding carboxylic acids is 2. The summed E-state index contributed by atoms with van der Waals surface area (Å²) in [6.45, 7) is 1.48. The molecular weight excluding hydrogens is 388 g/mol. The monoisotopic (exact) mass is 405 g/mol. The highest BCUT2D eigenvalue weighted by atomic mass is 127. The van der Waals surface area contributed by atoms with E-state index in [9.17, 15) is 14.0 Å². The maximum Gasteiger partial charge on any atom is 0.228 e. The molecule has 0 bridgehead atoms. The van der Waals surface area contributed by atoms with Gasteiger partial charge in [0.15, 0.2) is 5.82 Å². The Balaban J connectivity index is 1.96. The van der Waals surface area contributed by atoms with Crippen molar-refractivity contribution in [2.24, 2.45) is 5.92 Å². The lowest BCUT2D eigenvalue weighted by molar-refractivity contribution is -0.123. The second-order valence-electron chi connectivity index (χ2n) is 5.23. The van der Waals surface area contributed by atoms with Gasteiger partial charge in [-0.05, 0) is 47.9 Å². The maximum absolute atomic E-state index is 13.1. The fourth-order valence-corrected chi connectivity index (χ4v) is 2.99. The first-order valence-electron chi connectivity index (χ1n) is 6.84. The molecular formula is C14H17FIN3O2. The van der Waals surface area contributed by atoms with Crippen LogP contribution in [-0.2, 0) is 9.59 Å². The van der Waals surface area contributed by atoms with Crippen LogP contribution in [0, 0.1) is 15.3 Å². The number of aromatic nitrogens is 1. The molecule has 0 spiro atoms. The van der Waals surface area contributed by atoms with Gasteiger partial charge in [-0.3, -0.25) is 9.59 Å². The van der Waals surface area contributed by atoms with Crippen molar-refractivity contribution in [2.75, 3.05) is 5.32 Å². The van der Waals surface area contributed by atoms with Crippen LogP contribution in [0.4, 0.5) is 10.2 Å². The second kappa shape index (κ2) is 7.15. The van der Waals surface area contributed by atoms with Crippen molar-refractivity contribution in [2.45, 2.75) is 38.6 Å². The van der Waals surface area contributed by atoms with Crippen molar-refractivity contribution in [3.63, 3.8) is 0 Å². The summed E-state index contributed by atoms with van der Waals surface area (Å²) in [4.78, 5) is 27.2. The van der Waals surface area contributed by atoms with Gasteiger partial charge in [0, 0.05) is 18.9 Å². The Bertz CT molecular complexity index is 553. The van der Waals surface area contributed by atoms with Crippen LogP contribution in [0.2, 0.25) is 0 Å². The SMILES string of the molecule is CC(=O)N[C@H]1CCC[C@@H](C(=O)Nc2cc(I)c(F)cn2)C1. The fraction of sp³-hybridized carbons (Fsp3) is 0.500. The van der Waals surface area contributed by atoms with Gasteiger partial charge in [0.2, 0.25) is 11.8 Å². The first-order valence-corrected chi connectivity index (χ1v) is 7.92. The zero-order chi connectivity index (χ0) is 15.4. The molecule has 1 aromatic rings. The average Bonchev–Trinajstić information content (AvgIpc) is 2.42. The number of carbonyl (C=O) groups is 2. The molecule has 1 saturated carbocycles. The van der Waals surface area contributed by atoms with Gasteiger partial charge in [-0.1, -0.05) is 6.42 Å². The number of nitrogens with one attached hydrogen (secondary N) is 2. The molecule has 5 nitrogen and oxygen atoms in total. The lowest BCUT2D eigenvalue weighted by Gasteiger charge is -2.28. The van der Waals surface area contributed by atoms with Crippen molar-refractivity contribution in [3.05, 3.63) is 21.7 Å². The van der Waals surface area contributed by atoms with Crippen molar-refractivity contribution in [3.8, 4) is 0 Å². The van der Waals surface area contributed by atoms with E-state index < -0.39 is 5.82 Å². The van der Waals surface area contributed by atoms with Crippen LogP contribution in [-0.4, -0.2) is 22.8 Å². The van der Waals surface area contributed by atoms with Gasteiger partial charge in [-0.2, -0.15) is 0 Å². The molecule has 0 aliphatic heterocycles. The molecule has 1 aromatic heterocycles.